The molecule has 0 aliphatic rings. The van der Waals surface area contributed by atoms with Gasteiger partial charge < -0.3 is 0 Å². The molecule has 0 bridgehead atoms. The Bertz CT molecular complexity index is 665. The lowest BCUT2D eigenvalue weighted by molar-refractivity contribution is -0.122. The van der Waals surface area contributed by atoms with Crippen LogP contribution in [0.25, 0.3) is 0 Å². The van der Waals surface area contributed by atoms with E-state index in [0.29, 0.717) is 5.02 Å². The van der Waals surface area contributed by atoms with E-state index in [1.807, 2.05) is 26.0 Å². The number of benzene rings is 2. The van der Waals surface area contributed by atoms with Crippen molar-refractivity contribution in [3.8, 4) is 0 Å². The minimum absolute atomic E-state index is 0.0401. The first kappa shape index (κ1) is 16.2. The van der Waals surface area contributed by atoms with Gasteiger partial charge >= 0.3 is 0 Å². The number of carbonyl (C=O) groups excluding carboxylic acids is 1. The molecule has 2 aromatic carbocycles. The van der Waals surface area contributed by atoms with Gasteiger partial charge in [0.1, 0.15) is 11.6 Å². The van der Waals surface area contributed by atoms with Gasteiger partial charge in [0, 0.05) is 21.3 Å². The van der Waals surface area contributed by atoms with Crippen LogP contribution in [0.15, 0.2) is 46.9 Å². The molecular weight excluding hydrogens is 355 g/mol. The lowest BCUT2D eigenvalue weighted by Gasteiger charge is -2.24. The molecule has 2 rings (SSSR count). The van der Waals surface area contributed by atoms with Gasteiger partial charge in [0.15, 0.2) is 0 Å². The molecule has 0 saturated carbocycles. The highest BCUT2D eigenvalue weighted by atomic mass is 79.9. The molecule has 0 N–H and O–H groups in total. The summed E-state index contributed by atoms with van der Waals surface area (Å²) in [5.41, 5.74) is 0.895. The van der Waals surface area contributed by atoms with Crippen molar-refractivity contribution < 1.29 is 9.18 Å². The Morgan fingerprint density at radius 3 is 2.38 bits per heavy atom. The molecule has 0 saturated heterocycles. The molecule has 0 aliphatic carbocycles. The van der Waals surface area contributed by atoms with Gasteiger partial charge in [-0.25, -0.2) is 4.39 Å². The molecule has 1 nitrogen and oxygen atoms in total. The number of hydrogen-bond donors (Lipinski definition) is 0. The first-order chi connectivity index (χ1) is 9.80. The number of rotatable bonds is 4. The molecule has 0 fully saturated rings. The zero-order valence-electron chi connectivity index (χ0n) is 11.8. The Morgan fingerprint density at radius 2 is 1.81 bits per heavy atom. The molecule has 0 atom stereocenters. The van der Waals surface area contributed by atoms with E-state index in [2.05, 4.69) is 15.9 Å². The fourth-order valence-corrected chi connectivity index (χ4v) is 2.83. The molecule has 0 aliphatic heterocycles. The van der Waals surface area contributed by atoms with Crippen molar-refractivity contribution in [2.45, 2.75) is 25.7 Å². The van der Waals surface area contributed by atoms with Gasteiger partial charge in [0.2, 0.25) is 0 Å². The normalized spacial score (nSPS) is 11.5. The van der Waals surface area contributed by atoms with Crippen LogP contribution in [0, 0.1) is 5.82 Å². The topological polar surface area (TPSA) is 17.1 Å². The van der Waals surface area contributed by atoms with Crippen LogP contribution in [0.4, 0.5) is 4.39 Å². The summed E-state index contributed by atoms with van der Waals surface area (Å²) < 4.78 is 13.9. The summed E-state index contributed by atoms with van der Waals surface area (Å²) in [4.78, 5) is 12.6. The highest BCUT2D eigenvalue weighted by Crippen LogP contribution is 2.28. The van der Waals surface area contributed by atoms with E-state index in [1.165, 1.54) is 12.1 Å². The lowest BCUT2D eigenvalue weighted by atomic mass is 9.78. The Labute approximate surface area is 137 Å². The van der Waals surface area contributed by atoms with E-state index in [0.717, 1.165) is 15.6 Å². The minimum Gasteiger partial charge on any atom is -0.298 e. The van der Waals surface area contributed by atoms with E-state index in [1.54, 1.807) is 18.2 Å². The first-order valence-corrected chi connectivity index (χ1v) is 7.71. The van der Waals surface area contributed by atoms with Gasteiger partial charge in [-0.1, -0.05) is 45.7 Å². The van der Waals surface area contributed by atoms with Crippen molar-refractivity contribution in [2.75, 3.05) is 0 Å². The maximum absolute atomic E-state index is 13.0. The standard InChI is InChI=1S/C17H15BrClFO/c1-17(2,12-4-7-14(20)8-5-12)16(21)9-11-3-6-13(18)10-15(11)19/h3-8,10H,9H2,1-2H3. The summed E-state index contributed by atoms with van der Waals surface area (Å²) in [6.07, 6.45) is 0.247. The second kappa shape index (κ2) is 6.29. The van der Waals surface area contributed by atoms with E-state index in [4.69, 9.17) is 11.6 Å². The molecule has 0 radical (unpaired) electrons. The minimum atomic E-state index is -0.690. The maximum Gasteiger partial charge on any atom is 0.147 e. The van der Waals surface area contributed by atoms with Crippen molar-refractivity contribution in [1.82, 2.24) is 0 Å². The van der Waals surface area contributed by atoms with Gasteiger partial charge in [-0.3, -0.25) is 4.79 Å². The summed E-state index contributed by atoms with van der Waals surface area (Å²) >= 11 is 9.50. The number of hydrogen-bond acceptors (Lipinski definition) is 1. The van der Waals surface area contributed by atoms with E-state index in [-0.39, 0.29) is 18.0 Å². The molecule has 21 heavy (non-hydrogen) atoms. The Kier molecular flexibility index (Phi) is 4.84. The van der Waals surface area contributed by atoms with Crippen LogP contribution in [-0.4, -0.2) is 5.78 Å². The second-order valence-corrected chi connectivity index (χ2v) is 6.79. The summed E-state index contributed by atoms with van der Waals surface area (Å²) in [5.74, 6) is -0.267. The van der Waals surface area contributed by atoms with Gasteiger partial charge in [0.05, 0.1) is 0 Å². The van der Waals surface area contributed by atoms with Gasteiger partial charge in [0.25, 0.3) is 0 Å². The molecule has 110 valence electrons. The fraction of sp³-hybridized carbons (Fsp3) is 0.235. The molecule has 4 heteroatoms. The SMILES string of the molecule is CC(C)(C(=O)Cc1ccc(Br)cc1Cl)c1ccc(F)cc1. The average Bonchev–Trinajstić information content (AvgIpc) is 2.42. The highest BCUT2D eigenvalue weighted by Gasteiger charge is 2.29. The molecule has 0 amide bonds. The summed E-state index contributed by atoms with van der Waals surface area (Å²) in [5, 5.41) is 0.563. The molecule has 0 unspecified atom stereocenters. The van der Waals surface area contributed by atoms with Gasteiger partial charge in [-0.15, -0.1) is 0 Å². The highest BCUT2D eigenvalue weighted by molar-refractivity contribution is 9.10. The first-order valence-electron chi connectivity index (χ1n) is 6.54. The van der Waals surface area contributed by atoms with Crippen LogP contribution in [0.3, 0.4) is 0 Å². The smallest absolute Gasteiger partial charge is 0.147 e. The van der Waals surface area contributed by atoms with Gasteiger partial charge in [-0.05, 0) is 49.2 Å². The summed E-state index contributed by atoms with van der Waals surface area (Å²) in [6.45, 7) is 3.69. The number of ketones is 1. The van der Waals surface area contributed by atoms with Crippen LogP contribution in [0.5, 0.6) is 0 Å². The van der Waals surface area contributed by atoms with Crippen LogP contribution >= 0.6 is 27.5 Å². The number of carbonyl (C=O) groups is 1. The zero-order valence-corrected chi connectivity index (χ0v) is 14.1. The Balaban J connectivity index is 2.24. The van der Waals surface area contributed by atoms with Crippen molar-refractivity contribution in [3.05, 3.63) is 68.9 Å². The van der Waals surface area contributed by atoms with Crippen molar-refractivity contribution >= 4 is 33.3 Å². The van der Waals surface area contributed by atoms with Crippen molar-refractivity contribution in [3.63, 3.8) is 0 Å². The van der Waals surface area contributed by atoms with Crippen LogP contribution in [-0.2, 0) is 16.6 Å². The Morgan fingerprint density at radius 1 is 1.19 bits per heavy atom. The van der Waals surface area contributed by atoms with Crippen LogP contribution < -0.4 is 0 Å². The Hall–Kier alpha value is -1.19. The quantitative estimate of drug-likeness (QED) is 0.712. The third kappa shape index (κ3) is 3.72. The van der Waals surface area contributed by atoms with Gasteiger partial charge in [-0.2, -0.15) is 0 Å². The van der Waals surface area contributed by atoms with Crippen LogP contribution in [0.1, 0.15) is 25.0 Å². The predicted octanol–water partition coefficient (Wildman–Crippen LogP) is 5.33. The number of Topliss-reactive ketones (excluding diaryl/α,β-unsaturated/α-hetero) is 1. The third-order valence-corrected chi connectivity index (χ3v) is 4.47. The fourth-order valence-electron chi connectivity index (χ4n) is 2.09. The molecule has 0 aromatic heterocycles. The molecular formula is C17H15BrClFO. The number of halogens is 3. The average molecular weight is 370 g/mol. The third-order valence-electron chi connectivity index (χ3n) is 3.63. The summed E-state index contributed by atoms with van der Waals surface area (Å²) in [6, 6.07) is 11.5. The predicted molar refractivity (Wildman–Crippen MR) is 87.3 cm³/mol. The lowest BCUT2D eigenvalue weighted by Crippen LogP contribution is -2.30. The van der Waals surface area contributed by atoms with E-state index >= 15 is 0 Å². The summed E-state index contributed by atoms with van der Waals surface area (Å²) in [7, 11) is 0. The zero-order chi connectivity index (χ0) is 15.6. The monoisotopic (exact) mass is 368 g/mol. The van der Waals surface area contributed by atoms with Crippen molar-refractivity contribution in [2.24, 2.45) is 0 Å². The van der Waals surface area contributed by atoms with E-state index in [9.17, 15) is 9.18 Å². The second-order valence-electron chi connectivity index (χ2n) is 5.47. The van der Waals surface area contributed by atoms with E-state index < -0.39 is 5.41 Å². The molecule has 0 spiro atoms. The molecule has 2 aromatic rings. The maximum atomic E-state index is 13.0. The van der Waals surface area contributed by atoms with Crippen LogP contribution in [0.2, 0.25) is 5.02 Å². The van der Waals surface area contributed by atoms with Crippen molar-refractivity contribution in [1.29, 1.82) is 0 Å². The molecule has 0 heterocycles. The largest absolute Gasteiger partial charge is 0.298 e.